The van der Waals surface area contributed by atoms with E-state index in [0.717, 1.165) is 18.5 Å². The molecule has 0 amide bonds. The Bertz CT molecular complexity index is 299. The Balaban J connectivity index is 1.71. The monoisotopic (exact) mass is 235 g/mol. The van der Waals surface area contributed by atoms with Crippen LogP contribution < -0.4 is 5.32 Å². The molecule has 0 aliphatic heterocycles. The third-order valence-electron chi connectivity index (χ3n) is 4.14. The average Bonchev–Trinajstić information content (AvgIpc) is 2.89. The lowest BCUT2D eigenvalue weighted by Gasteiger charge is -2.34. The molecule has 0 aromatic carbocycles. The van der Waals surface area contributed by atoms with Gasteiger partial charge in [0, 0.05) is 31.0 Å². The van der Waals surface area contributed by atoms with Crippen molar-refractivity contribution in [1.29, 1.82) is 0 Å². The highest BCUT2D eigenvalue weighted by atomic mass is 15.1. The van der Waals surface area contributed by atoms with Crippen LogP contribution in [0.25, 0.3) is 0 Å². The van der Waals surface area contributed by atoms with Crippen molar-refractivity contribution in [3.05, 3.63) is 24.0 Å². The standard InChI is InChI=1S/C14H25N3/c1-15-13-3-5-14(6-4-13)17(2)10-8-12-7-9-16-11-12/h7,9,11,13-16H,3-6,8,10H2,1-2H3. The molecule has 1 aromatic rings. The SMILES string of the molecule is CNC1CCC(N(C)CCc2cc[nH]c2)CC1. The smallest absolute Gasteiger partial charge is 0.00934 e. The van der Waals surface area contributed by atoms with Crippen molar-refractivity contribution >= 4 is 0 Å². The number of likely N-dealkylation sites (N-methyl/N-ethyl adjacent to an activating group) is 1. The van der Waals surface area contributed by atoms with Gasteiger partial charge in [-0.1, -0.05) is 0 Å². The molecule has 0 unspecified atom stereocenters. The molecule has 0 bridgehead atoms. The largest absolute Gasteiger partial charge is 0.367 e. The maximum atomic E-state index is 3.40. The summed E-state index contributed by atoms with van der Waals surface area (Å²) in [6.45, 7) is 1.17. The normalized spacial score (nSPS) is 25.4. The van der Waals surface area contributed by atoms with Gasteiger partial charge >= 0.3 is 0 Å². The molecule has 1 aromatic heterocycles. The average molecular weight is 235 g/mol. The van der Waals surface area contributed by atoms with E-state index in [-0.39, 0.29) is 0 Å². The summed E-state index contributed by atoms with van der Waals surface area (Å²) in [6, 6.07) is 3.72. The van der Waals surface area contributed by atoms with Crippen molar-refractivity contribution in [2.75, 3.05) is 20.6 Å². The first kappa shape index (κ1) is 12.7. The van der Waals surface area contributed by atoms with E-state index >= 15 is 0 Å². The Kier molecular flexibility index (Phi) is 4.63. The quantitative estimate of drug-likeness (QED) is 0.818. The summed E-state index contributed by atoms with van der Waals surface area (Å²) in [5, 5.41) is 3.40. The minimum atomic E-state index is 0.754. The zero-order chi connectivity index (χ0) is 12.1. The number of aromatic nitrogens is 1. The van der Waals surface area contributed by atoms with Gasteiger partial charge < -0.3 is 15.2 Å². The first-order chi connectivity index (χ1) is 8.29. The van der Waals surface area contributed by atoms with Crippen LogP contribution in [-0.4, -0.2) is 42.6 Å². The maximum Gasteiger partial charge on any atom is 0.00934 e. The highest BCUT2D eigenvalue weighted by molar-refractivity contribution is 5.08. The lowest BCUT2D eigenvalue weighted by atomic mass is 9.90. The van der Waals surface area contributed by atoms with Crippen LogP contribution in [0.2, 0.25) is 0 Å². The fourth-order valence-corrected chi connectivity index (χ4v) is 2.81. The number of hydrogen-bond donors (Lipinski definition) is 2. The van der Waals surface area contributed by atoms with E-state index in [2.05, 4.69) is 41.6 Å². The molecular formula is C14H25N3. The Labute approximate surface area is 105 Å². The third-order valence-corrected chi connectivity index (χ3v) is 4.14. The summed E-state index contributed by atoms with van der Waals surface area (Å²) < 4.78 is 0. The molecule has 1 heterocycles. The van der Waals surface area contributed by atoms with Crippen molar-refractivity contribution < 1.29 is 0 Å². The van der Waals surface area contributed by atoms with Gasteiger partial charge in [-0.05, 0) is 57.8 Å². The van der Waals surface area contributed by atoms with Gasteiger partial charge in [0.05, 0.1) is 0 Å². The molecule has 1 aliphatic rings. The second-order valence-electron chi connectivity index (χ2n) is 5.24. The van der Waals surface area contributed by atoms with Crippen molar-refractivity contribution in [2.24, 2.45) is 0 Å². The lowest BCUT2D eigenvalue weighted by Crippen LogP contribution is -2.40. The molecule has 3 nitrogen and oxygen atoms in total. The molecule has 0 spiro atoms. The van der Waals surface area contributed by atoms with Crippen LogP contribution in [0.1, 0.15) is 31.2 Å². The predicted molar refractivity (Wildman–Crippen MR) is 72.2 cm³/mol. The van der Waals surface area contributed by atoms with Crippen LogP contribution in [0.15, 0.2) is 18.5 Å². The second-order valence-corrected chi connectivity index (χ2v) is 5.24. The molecule has 1 saturated carbocycles. The van der Waals surface area contributed by atoms with Gasteiger partial charge in [-0.15, -0.1) is 0 Å². The number of nitrogens with zero attached hydrogens (tertiary/aromatic N) is 1. The molecule has 0 atom stereocenters. The Morgan fingerprint density at radius 2 is 2.12 bits per heavy atom. The van der Waals surface area contributed by atoms with E-state index in [9.17, 15) is 0 Å². The number of hydrogen-bond acceptors (Lipinski definition) is 2. The van der Waals surface area contributed by atoms with Gasteiger partial charge in [0.15, 0.2) is 0 Å². The van der Waals surface area contributed by atoms with Crippen LogP contribution in [0, 0.1) is 0 Å². The lowest BCUT2D eigenvalue weighted by molar-refractivity contribution is 0.178. The Hall–Kier alpha value is -0.800. The summed E-state index contributed by atoms with van der Waals surface area (Å²) in [6.07, 6.45) is 10.6. The van der Waals surface area contributed by atoms with E-state index < -0.39 is 0 Å². The van der Waals surface area contributed by atoms with E-state index in [1.54, 1.807) is 0 Å². The molecule has 1 fully saturated rings. The molecule has 0 radical (unpaired) electrons. The Morgan fingerprint density at radius 3 is 2.71 bits per heavy atom. The van der Waals surface area contributed by atoms with Crippen molar-refractivity contribution in [3.63, 3.8) is 0 Å². The van der Waals surface area contributed by atoms with E-state index in [0.29, 0.717) is 0 Å². The van der Waals surface area contributed by atoms with Gasteiger partial charge in [-0.3, -0.25) is 0 Å². The fraction of sp³-hybridized carbons (Fsp3) is 0.714. The summed E-state index contributed by atoms with van der Waals surface area (Å²) >= 11 is 0. The van der Waals surface area contributed by atoms with Crippen molar-refractivity contribution in [2.45, 2.75) is 44.2 Å². The molecule has 1 aliphatic carbocycles. The van der Waals surface area contributed by atoms with Crippen LogP contribution in [0.5, 0.6) is 0 Å². The molecule has 96 valence electrons. The highest BCUT2D eigenvalue weighted by Crippen LogP contribution is 2.22. The molecular weight excluding hydrogens is 210 g/mol. The molecule has 2 rings (SSSR count). The number of H-pyrrole nitrogens is 1. The Morgan fingerprint density at radius 1 is 1.35 bits per heavy atom. The predicted octanol–water partition coefficient (Wildman–Crippen LogP) is 2.02. The van der Waals surface area contributed by atoms with Crippen LogP contribution >= 0.6 is 0 Å². The van der Waals surface area contributed by atoms with Crippen LogP contribution in [-0.2, 0) is 6.42 Å². The summed E-state index contributed by atoms with van der Waals surface area (Å²) in [5.41, 5.74) is 1.42. The summed E-state index contributed by atoms with van der Waals surface area (Å²) in [4.78, 5) is 5.66. The highest BCUT2D eigenvalue weighted by Gasteiger charge is 2.22. The molecule has 2 N–H and O–H groups in total. The molecule has 3 heteroatoms. The zero-order valence-electron chi connectivity index (χ0n) is 11.1. The summed E-state index contributed by atoms with van der Waals surface area (Å²) in [5.74, 6) is 0. The minimum Gasteiger partial charge on any atom is -0.367 e. The van der Waals surface area contributed by atoms with Gasteiger partial charge in [0.2, 0.25) is 0 Å². The van der Waals surface area contributed by atoms with E-state index in [1.165, 1.54) is 37.8 Å². The third kappa shape index (κ3) is 3.58. The zero-order valence-corrected chi connectivity index (χ0v) is 11.1. The van der Waals surface area contributed by atoms with Crippen LogP contribution in [0.4, 0.5) is 0 Å². The fourth-order valence-electron chi connectivity index (χ4n) is 2.81. The van der Waals surface area contributed by atoms with Gasteiger partial charge in [0.25, 0.3) is 0 Å². The first-order valence-electron chi connectivity index (χ1n) is 6.78. The number of rotatable bonds is 5. The minimum absolute atomic E-state index is 0.754. The first-order valence-corrected chi connectivity index (χ1v) is 6.78. The van der Waals surface area contributed by atoms with Crippen molar-refractivity contribution in [1.82, 2.24) is 15.2 Å². The topological polar surface area (TPSA) is 31.1 Å². The van der Waals surface area contributed by atoms with Crippen LogP contribution in [0.3, 0.4) is 0 Å². The van der Waals surface area contributed by atoms with Gasteiger partial charge in [-0.25, -0.2) is 0 Å². The second kappa shape index (κ2) is 6.22. The van der Waals surface area contributed by atoms with Gasteiger partial charge in [0.1, 0.15) is 0 Å². The maximum absolute atomic E-state index is 3.40. The van der Waals surface area contributed by atoms with E-state index in [4.69, 9.17) is 0 Å². The van der Waals surface area contributed by atoms with Crippen molar-refractivity contribution in [3.8, 4) is 0 Å². The van der Waals surface area contributed by atoms with E-state index in [1.807, 2.05) is 6.20 Å². The number of nitrogens with one attached hydrogen (secondary N) is 2. The molecule has 0 saturated heterocycles. The summed E-state index contributed by atoms with van der Waals surface area (Å²) in [7, 11) is 4.36. The number of aromatic amines is 1. The van der Waals surface area contributed by atoms with Gasteiger partial charge in [-0.2, -0.15) is 0 Å². The molecule has 17 heavy (non-hydrogen) atoms.